The van der Waals surface area contributed by atoms with Crippen LogP contribution in [0, 0.1) is 0 Å². The van der Waals surface area contributed by atoms with Crippen molar-refractivity contribution in [1.82, 2.24) is 10.6 Å². The second kappa shape index (κ2) is 10.3. The fourth-order valence-electron chi connectivity index (χ4n) is 1.04. The molecule has 0 spiro atoms. The molecular formula is C10H22N2O2S. The van der Waals surface area contributed by atoms with Gasteiger partial charge in [-0.3, -0.25) is 4.79 Å². The number of aliphatic hydroxyl groups is 1. The average Bonchev–Trinajstić information content (AvgIpc) is 2.23. The maximum Gasteiger partial charge on any atom is 0.236 e. The first-order chi connectivity index (χ1) is 7.22. The van der Waals surface area contributed by atoms with Gasteiger partial charge < -0.3 is 15.7 Å². The number of carbonyl (C=O) groups is 1. The highest BCUT2D eigenvalue weighted by Gasteiger charge is 2.09. The van der Waals surface area contributed by atoms with Gasteiger partial charge in [-0.05, 0) is 26.0 Å². The van der Waals surface area contributed by atoms with E-state index in [2.05, 4.69) is 10.6 Å². The number of rotatable bonds is 9. The topological polar surface area (TPSA) is 61.4 Å². The Labute approximate surface area is 96.2 Å². The summed E-state index contributed by atoms with van der Waals surface area (Å²) in [5.74, 6) is 2.01. The summed E-state index contributed by atoms with van der Waals surface area (Å²) in [6.07, 6.45) is 0.844. The molecule has 0 aliphatic carbocycles. The van der Waals surface area contributed by atoms with Crippen molar-refractivity contribution >= 4 is 17.7 Å². The van der Waals surface area contributed by atoms with E-state index in [4.69, 9.17) is 5.11 Å². The smallest absolute Gasteiger partial charge is 0.236 e. The van der Waals surface area contributed by atoms with Crippen LogP contribution in [-0.4, -0.2) is 48.3 Å². The largest absolute Gasteiger partial charge is 0.396 e. The minimum atomic E-state index is -0.122. The second-order valence-corrected chi connectivity index (χ2v) is 4.48. The summed E-state index contributed by atoms with van der Waals surface area (Å²) in [5, 5.41) is 14.5. The molecule has 1 amide bonds. The van der Waals surface area contributed by atoms with Crippen molar-refractivity contribution in [3.8, 4) is 0 Å². The predicted octanol–water partition coefficient (Wildman–Crippen LogP) is 0.216. The van der Waals surface area contributed by atoms with Crippen LogP contribution in [0.15, 0.2) is 0 Å². The molecule has 0 bridgehead atoms. The molecule has 0 radical (unpaired) electrons. The molecule has 3 N–H and O–H groups in total. The van der Waals surface area contributed by atoms with Gasteiger partial charge in [0.2, 0.25) is 5.91 Å². The summed E-state index contributed by atoms with van der Waals surface area (Å²) < 4.78 is 0. The lowest BCUT2D eigenvalue weighted by atomic mass is 10.3. The van der Waals surface area contributed by atoms with Crippen molar-refractivity contribution in [2.24, 2.45) is 0 Å². The third kappa shape index (κ3) is 8.72. The van der Waals surface area contributed by atoms with Crippen molar-refractivity contribution in [3.05, 3.63) is 0 Å². The molecule has 0 saturated heterocycles. The molecule has 0 heterocycles. The monoisotopic (exact) mass is 234 g/mol. The number of carbonyl (C=O) groups excluding carboxylic acids is 1. The molecule has 0 aromatic rings. The van der Waals surface area contributed by atoms with E-state index in [1.54, 1.807) is 11.8 Å². The molecule has 5 heteroatoms. The van der Waals surface area contributed by atoms with Gasteiger partial charge in [0.25, 0.3) is 0 Å². The summed E-state index contributed by atoms with van der Waals surface area (Å²) >= 11 is 1.79. The number of likely N-dealkylation sites (N-methyl/N-ethyl adjacent to an activating group) is 1. The van der Waals surface area contributed by atoms with Crippen molar-refractivity contribution in [1.29, 1.82) is 0 Å². The fraction of sp³-hybridized carbons (Fsp3) is 0.900. The minimum Gasteiger partial charge on any atom is -0.396 e. The van der Waals surface area contributed by atoms with Gasteiger partial charge >= 0.3 is 0 Å². The lowest BCUT2D eigenvalue weighted by molar-refractivity contribution is -0.122. The molecule has 15 heavy (non-hydrogen) atoms. The Hall–Kier alpha value is -0.260. The van der Waals surface area contributed by atoms with Crippen LogP contribution >= 0.6 is 11.8 Å². The van der Waals surface area contributed by atoms with Crippen LogP contribution in [0.25, 0.3) is 0 Å². The zero-order valence-corrected chi connectivity index (χ0v) is 10.4. The summed E-state index contributed by atoms with van der Waals surface area (Å²) in [6, 6.07) is -0.122. The third-order valence-electron chi connectivity index (χ3n) is 1.89. The van der Waals surface area contributed by atoms with Gasteiger partial charge in [0, 0.05) is 25.4 Å². The maximum atomic E-state index is 11.3. The van der Waals surface area contributed by atoms with Crippen LogP contribution in [0.1, 0.15) is 20.3 Å². The van der Waals surface area contributed by atoms with E-state index in [0.29, 0.717) is 6.54 Å². The minimum absolute atomic E-state index is 0.0536. The van der Waals surface area contributed by atoms with E-state index < -0.39 is 0 Å². The van der Waals surface area contributed by atoms with Crippen molar-refractivity contribution in [2.45, 2.75) is 26.3 Å². The number of aliphatic hydroxyl groups excluding tert-OH is 1. The molecule has 0 aromatic carbocycles. The van der Waals surface area contributed by atoms with Crippen LogP contribution < -0.4 is 10.6 Å². The molecule has 0 fully saturated rings. The number of thioether (sulfide) groups is 1. The SMILES string of the molecule is CCNC(=O)C(C)NCCSCCCO. The Morgan fingerprint density at radius 1 is 1.47 bits per heavy atom. The molecule has 1 unspecified atom stereocenters. The first-order valence-electron chi connectivity index (χ1n) is 5.42. The van der Waals surface area contributed by atoms with E-state index >= 15 is 0 Å². The Bertz CT molecular complexity index is 168. The Morgan fingerprint density at radius 3 is 2.80 bits per heavy atom. The van der Waals surface area contributed by atoms with E-state index in [-0.39, 0.29) is 18.6 Å². The lowest BCUT2D eigenvalue weighted by Crippen LogP contribution is -2.42. The average molecular weight is 234 g/mol. The van der Waals surface area contributed by atoms with Crippen LogP contribution in [0.5, 0.6) is 0 Å². The van der Waals surface area contributed by atoms with Crippen molar-refractivity contribution in [2.75, 3.05) is 31.2 Å². The Morgan fingerprint density at radius 2 is 2.20 bits per heavy atom. The van der Waals surface area contributed by atoms with Gasteiger partial charge in [-0.25, -0.2) is 0 Å². The van der Waals surface area contributed by atoms with Gasteiger partial charge in [0.1, 0.15) is 0 Å². The number of hydrogen-bond acceptors (Lipinski definition) is 4. The van der Waals surface area contributed by atoms with Gasteiger partial charge in [-0.15, -0.1) is 0 Å². The highest BCUT2D eigenvalue weighted by Crippen LogP contribution is 2.00. The highest BCUT2D eigenvalue weighted by atomic mass is 32.2. The van der Waals surface area contributed by atoms with Crippen LogP contribution in [0.3, 0.4) is 0 Å². The van der Waals surface area contributed by atoms with E-state index in [0.717, 1.165) is 24.5 Å². The zero-order valence-electron chi connectivity index (χ0n) is 9.58. The van der Waals surface area contributed by atoms with E-state index in [1.807, 2.05) is 13.8 Å². The second-order valence-electron chi connectivity index (χ2n) is 3.26. The summed E-state index contributed by atoms with van der Waals surface area (Å²) in [6.45, 7) is 5.54. The summed E-state index contributed by atoms with van der Waals surface area (Å²) in [4.78, 5) is 11.3. The number of amides is 1. The molecular weight excluding hydrogens is 212 g/mol. The van der Waals surface area contributed by atoms with E-state index in [9.17, 15) is 4.79 Å². The molecule has 0 aliphatic rings. The van der Waals surface area contributed by atoms with Gasteiger partial charge in [-0.2, -0.15) is 11.8 Å². The first kappa shape index (κ1) is 14.7. The molecule has 0 saturated carbocycles. The van der Waals surface area contributed by atoms with Gasteiger partial charge in [0.05, 0.1) is 6.04 Å². The normalized spacial score (nSPS) is 12.5. The third-order valence-corrected chi connectivity index (χ3v) is 2.96. The quantitative estimate of drug-likeness (QED) is 0.499. The van der Waals surface area contributed by atoms with Crippen molar-refractivity contribution < 1.29 is 9.90 Å². The Balaban J connectivity index is 3.30. The summed E-state index contributed by atoms with van der Waals surface area (Å²) in [7, 11) is 0. The van der Waals surface area contributed by atoms with Gasteiger partial charge in [-0.1, -0.05) is 0 Å². The molecule has 4 nitrogen and oxygen atoms in total. The lowest BCUT2D eigenvalue weighted by Gasteiger charge is -2.12. The fourth-order valence-corrected chi connectivity index (χ4v) is 1.84. The number of nitrogens with one attached hydrogen (secondary N) is 2. The highest BCUT2D eigenvalue weighted by molar-refractivity contribution is 7.99. The Kier molecular flexibility index (Phi) is 10.1. The van der Waals surface area contributed by atoms with Crippen LogP contribution in [-0.2, 0) is 4.79 Å². The molecule has 0 aliphatic heterocycles. The summed E-state index contributed by atoms with van der Waals surface area (Å²) in [5.41, 5.74) is 0. The predicted molar refractivity (Wildman–Crippen MR) is 65.2 cm³/mol. The van der Waals surface area contributed by atoms with Gasteiger partial charge in [0.15, 0.2) is 0 Å². The van der Waals surface area contributed by atoms with Crippen molar-refractivity contribution in [3.63, 3.8) is 0 Å². The molecule has 90 valence electrons. The molecule has 0 aromatic heterocycles. The molecule has 1 atom stereocenters. The maximum absolute atomic E-state index is 11.3. The zero-order chi connectivity index (χ0) is 11.5. The van der Waals surface area contributed by atoms with Crippen LogP contribution in [0.4, 0.5) is 0 Å². The standard InChI is InChI=1S/C10H22N2O2S/c1-3-11-10(14)9(2)12-5-8-15-7-4-6-13/h9,12-13H,3-8H2,1-2H3,(H,11,14). The number of hydrogen-bond donors (Lipinski definition) is 3. The van der Waals surface area contributed by atoms with E-state index in [1.165, 1.54) is 0 Å². The molecule has 0 rings (SSSR count). The van der Waals surface area contributed by atoms with Crippen LogP contribution in [0.2, 0.25) is 0 Å². The first-order valence-corrected chi connectivity index (χ1v) is 6.57.